The number of hydrogen-bond donors (Lipinski definition) is 1. The van der Waals surface area contributed by atoms with Gasteiger partial charge in [0, 0.05) is 11.0 Å². The van der Waals surface area contributed by atoms with E-state index < -0.39 is 0 Å². The zero-order valence-corrected chi connectivity index (χ0v) is 11.5. The molecule has 1 N–H and O–H groups in total. The van der Waals surface area contributed by atoms with E-state index in [4.69, 9.17) is 0 Å². The first-order chi connectivity index (χ1) is 7.19. The molecule has 0 radical (unpaired) electrons. The lowest BCUT2D eigenvalue weighted by Crippen LogP contribution is -2.28. The topological polar surface area (TPSA) is 29.1 Å². The summed E-state index contributed by atoms with van der Waals surface area (Å²) < 4.78 is 0.884. The molecule has 0 spiro atoms. The standard InChI is InChI=1S/C11H16BrNOS/c1-3-8(4-2)7-13-11(14)10-9(12)5-6-15-10/h5-6,8H,3-4,7H2,1-2H3,(H,13,14). The van der Waals surface area contributed by atoms with Crippen molar-refractivity contribution in [3.8, 4) is 0 Å². The smallest absolute Gasteiger partial charge is 0.262 e. The van der Waals surface area contributed by atoms with Crippen LogP contribution in [0, 0.1) is 5.92 Å². The van der Waals surface area contributed by atoms with E-state index in [1.165, 1.54) is 11.3 Å². The van der Waals surface area contributed by atoms with E-state index in [1.54, 1.807) is 0 Å². The molecule has 0 fully saturated rings. The molecular formula is C11H16BrNOS. The van der Waals surface area contributed by atoms with Crippen molar-refractivity contribution in [1.29, 1.82) is 0 Å². The number of carbonyl (C=O) groups is 1. The Labute approximate surface area is 103 Å². The molecule has 1 aromatic heterocycles. The molecule has 0 aliphatic carbocycles. The van der Waals surface area contributed by atoms with Gasteiger partial charge in [0.2, 0.25) is 0 Å². The van der Waals surface area contributed by atoms with Crippen molar-refractivity contribution in [3.63, 3.8) is 0 Å². The van der Waals surface area contributed by atoms with Crippen molar-refractivity contribution in [2.75, 3.05) is 6.54 Å². The average Bonchev–Trinajstić information content (AvgIpc) is 2.66. The number of halogens is 1. The van der Waals surface area contributed by atoms with Crippen molar-refractivity contribution in [3.05, 3.63) is 20.8 Å². The fraction of sp³-hybridized carbons (Fsp3) is 0.545. The van der Waals surface area contributed by atoms with E-state index in [1.807, 2.05) is 11.4 Å². The molecule has 1 aromatic rings. The van der Waals surface area contributed by atoms with Crippen LogP contribution in [0.1, 0.15) is 36.4 Å². The Bertz CT molecular complexity index is 320. The SMILES string of the molecule is CCC(CC)CNC(=O)c1sccc1Br. The number of rotatable bonds is 5. The summed E-state index contributed by atoms with van der Waals surface area (Å²) in [5, 5.41) is 4.88. The second kappa shape index (κ2) is 6.28. The predicted molar refractivity (Wildman–Crippen MR) is 68.4 cm³/mol. The fourth-order valence-electron chi connectivity index (χ4n) is 1.35. The maximum Gasteiger partial charge on any atom is 0.262 e. The maximum absolute atomic E-state index is 11.7. The van der Waals surface area contributed by atoms with Crippen LogP contribution in [-0.2, 0) is 0 Å². The quantitative estimate of drug-likeness (QED) is 0.880. The number of amides is 1. The Balaban J connectivity index is 2.47. The highest BCUT2D eigenvalue weighted by Gasteiger charge is 2.12. The van der Waals surface area contributed by atoms with Gasteiger partial charge in [-0.05, 0) is 33.3 Å². The van der Waals surface area contributed by atoms with Crippen LogP contribution in [0.2, 0.25) is 0 Å². The second-order valence-electron chi connectivity index (χ2n) is 3.49. The van der Waals surface area contributed by atoms with Crippen LogP contribution in [0.5, 0.6) is 0 Å². The van der Waals surface area contributed by atoms with Crippen LogP contribution in [0.4, 0.5) is 0 Å². The van der Waals surface area contributed by atoms with Gasteiger partial charge in [0.1, 0.15) is 4.88 Å². The summed E-state index contributed by atoms with van der Waals surface area (Å²) in [5.41, 5.74) is 0. The Morgan fingerprint density at radius 1 is 1.53 bits per heavy atom. The van der Waals surface area contributed by atoms with Gasteiger partial charge in [-0.1, -0.05) is 26.7 Å². The van der Waals surface area contributed by atoms with Crippen molar-refractivity contribution in [2.45, 2.75) is 26.7 Å². The number of thiophene rings is 1. The zero-order valence-electron chi connectivity index (χ0n) is 9.05. The van der Waals surface area contributed by atoms with Crippen molar-refractivity contribution in [1.82, 2.24) is 5.32 Å². The molecule has 1 rings (SSSR count). The van der Waals surface area contributed by atoms with Gasteiger partial charge in [-0.3, -0.25) is 4.79 Å². The van der Waals surface area contributed by atoms with Gasteiger partial charge in [-0.2, -0.15) is 0 Å². The van der Waals surface area contributed by atoms with Gasteiger partial charge < -0.3 is 5.32 Å². The first-order valence-corrected chi connectivity index (χ1v) is 6.87. The summed E-state index contributed by atoms with van der Waals surface area (Å²) in [7, 11) is 0. The molecule has 1 amide bonds. The van der Waals surface area contributed by atoms with Crippen molar-refractivity contribution in [2.24, 2.45) is 5.92 Å². The monoisotopic (exact) mass is 289 g/mol. The third kappa shape index (κ3) is 3.61. The minimum absolute atomic E-state index is 0.0313. The van der Waals surface area contributed by atoms with E-state index >= 15 is 0 Å². The van der Waals surface area contributed by atoms with Crippen LogP contribution in [-0.4, -0.2) is 12.5 Å². The molecule has 0 bridgehead atoms. The molecule has 0 aliphatic rings. The second-order valence-corrected chi connectivity index (χ2v) is 5.26. The third-order valence-electron chi connectivity index (χ3n) is 2.53. The van der Waals surface area contributed by atoms with Gasteiger partial charge in [0.05, 0.1) is 0 Å². The van der Waals surface area contributed by atoms with Crippen LogP contribution < -0.4 is 5.32 Å². The van der Waals surface area contributed by atoms with Gasteiger partial charge in [-0.15, -0.1) is 11.3 Å². The van der Waals surface area contributed by atoms with Crippen LogP contribution in [0.25, 0.3) is 0 Å². The summed E-state index contributed by atoms with van der Waals surface area (Å²) >= 11 is 4.82. The lowest BCUT2D eigenvalue weighted by Gasteiger charge is -2.12. The highest BCUT2D eigenvalue weighted by Crippen LogP contribution is 2.22. The molecule has 2 nitrogen and oxygen atoms in total. The fourth-order valence-corrected chi connectivity index (χ4v) is 2.82. The zero-order chi connectivity index (χ0) is 11.3. The first kappa shape index (κ1) is 12.7. The van der Waals surface area contributed by atoms with Gasteiger partial charge in [0.25, 0.3) is 5.91 Å². The van der Waals surface area contributed by atoms with Crippen LogP contribution in [0.3, 0.4) is 0 Å². The maximum atomic E-state index is 11.7. The Morgan fingerprint density at radius 3 is 2.67 bits per heavy atom. The minimum atomic E-state index is 0.0313. The molecule has 0 atom stereocenters. The van der Waals surface area contributed by atoms with Gasteiger partial charge >= 0.3 is 0 Å². The number of hydrogen-bond acceptors (Lipinski definition) is 2. The Morgan fingerprint density at radius 2 is 2.20 bits per heavy atom. The summed E-state index contributed by atoms with van der Waals surface area (Å²) in [5.74, 6) is 0.622. The largest absolute Gasteiger partial charge is 0.351 e. The summed E-state index contributed by atoms with van der Waals surface area (Å²) in [6.45, 7) is 5.08. The van der Waals surface area contributed by atoms with Crippen LogP contribution >= 0.6 is 27.3 Å². The third-order valence-corrected chi connectivity index (χ3v) is 4.37. The number of nitrogens with one attached hydrogen (secondary N) is 1. The Hall–Kier alpha value is -0.350. The molecule has 0 unspecified atom stereocenters. The highest BCUT2D eigenvalue weighted by atomic mass is 79.9. The molecule has 0 saturated carbocycles. The summed E-state index contributed by atoms with van der Waals surface area (Å²) in [4.78, 5) is 12.5. The molecule has 0 aliphatic heterocycles. The highest BCUT2D eigenvalue weighted by molar-refractivity contribution is 9.10. The van der Waals surface area contributed by atoms with Crippen molar-refractivity contribution >= 4 is 33.2 Å². The average molecular weight is 290 g/mol. The van der Waals surface area contributed by atoms with E-state index in [-0.39, 0.29) is 5.91 Å². The minimum Gasteiger partial charge on any atom is -0.351 e. The normalized spacial score (nSPS) is 10.7. The van der Waals surface area contributed by atoms with Crippen molar-refractivity contribution < 1.29 is 4.79 Å². The number of carbonyl (C=O) groups excluding carboxylic acids is 1. The molecule has 0 aromatic carbocycles. The molecular weight excluding hydrogens is 274 g/mol. The molecule has 4 heteroatoms. The first-order valence-electron chi connectivity index (χ1n) is 5.20. The summed E-state index contributed by atoms with van der Waals surface area (Å²) in [6.07, 6.45) is 2.23. The predicted octanol–water partition coefficient (Wildman–Crippen LogP) is 3.68. The molecule has 1 heterocycles. The lowest BCUT2D eigenvalue weighted by atomic mass is 10.0. The summed E-state index contributed by atoms with van der Waals surface area (Å²) in [6, 6.07) is 1.90. The van der Waals surface area contributed by atoms with E-state index in [9.17, 15) is 4.79 Å². The molecule has 15 heavy (non-hydrogen) atoms. The van der Waals surface area contributed by atoms with E-state index in [2.05, 4.69) is 35.1 Å². The molecule has 0 saturated heterocycles. The molecule has 84 valence electrons. The lowest BCUT2D eigenvalue weighted by molar-refractivity contribution is 0.0950. The Kier molecular flexibility index (Phi) is 5.32. The van der Waals surface area contributed by atoms with Crippen LogP contribution in [0.15, 0.2) is 15.9 Å². The van der Waals surface area contributed by atoms with Gasteiger partial charge in [-0.25, -0.2) is 0 Å². The van der Waals surface area contributed by atoms with Gasteiger partial charge in [0.15, 0.2) is 0 Å². The van der Waals surface area contributed by atoms with E-state index in [0.29, 0.717) is 5.92 Å². The van der Waals surface area contributed by atoms with E-state index in [0.717, 1.165) is 28.7 Å².